The van der Waals surface area contributed by atoms with Crippen LogP contribution in [0.2, 0.25) is 0 Å². The van der Waals surface area contributed by atoms with Crippen LogP contribution < -0.4 is 9.44 Å². The van der Waals surface area contributed by atoms with Crippen LogP contribution in [0.15, 0.2) is 24.4 Å². The Balaban J connectivity index is 1.94. The van der Waals surface area contributed by atoms with Crippen molar-refractivity contribution in [3.63, 3.8) is 0 Å². The van der Waals surface area contributed by atoms with Crippen molar-refractivity contribution in [2.75, 3.05) is 19.6 Å². The average Bonchev–Trinajstić information content (AvgIpc) is 2.86. The summed E-state index contributed by atoms with van der Waals surface area (Å²) in [5.41, 5.74) is 0.377. The van der Waals surface area contributed by atoms with E-state index in [0.29, 0.717) is 31.7 Å². The van der Waals surface area contributed by atoms with Gasteiger partial charge in [0.2, 0.25) is 0 Å². The lowest BCUT2D eigenvalue weighted by Crippen LogP contribution is -2.44. The molecule has 7 nitrogen and oxygen atoms in total. The maximum atomic E-state index is 12.2. The van der Waals surface area contributed by atoms with E-state index < -0.39 is 10.2 Å². The summed E-state index contributed by atoms with van der Waals surface area (Å²) >= 11 is 0. The molecule has 1 amide bonds. The van der Waals surface area contributed by atoms with Gasteiger partial charge in [-0.1, -0.05) is 13.0 Å². The highest BCUT2D eigenvalue weighted by molar-refractivity contribution is 7.87. The van der Waals surface area contributed by atoms with E-state index in [1.165, 1.54) is 0 Å². The first-order valence-corrected chi connectivity index (χ1v) is 7.97. The minimum Gasteiger partial charge on any atom is -0.336 e. The van der Waals surface area contributed by atoms with E-state index >= 15 is 0 Å². The summed E-state index contributed by atoms with van der Waals surface area (Å²) in [6.07, 6.45) is 2.16. The molecule has 0 bridgehead atoms. The lowest BCUT2D eigenvalue weighted by molar-refractivity contribution is 0.0784. The highest BCUT2D eigenvalue weighted by Gasteiger charge is 2.29. The molecule has 2 rings (SSSR count). The van der Waals surface area contributed by atoms with E-state index in [-0.39, 0.29) is 11.9 Å². The van der Waals surface area contributed by atoms with Gasteiger partial charge in [0.15, 0.2) is 0 Å². The fourth-order valence-corrected chi connectivity index (χ4v) is 3.24. The van der Waals surface area contributed by atoms with Crippen molar-refractivity contribution >= 4 is 16.1 Å². The van der Waals surface area contributed by atoms with Gasteiger partial charge in [-0.25, -0.2) is 4.72 Å². The molecule has 0 radical (unpaired) electrons. The van der Waals surface area contributed by atoms with Gasteiger partial charge in [-0.3, -0.25) is 9.78 Å². The van der Waals surface area contributed by atoms with Crippen molar-refractivity contribution in [1.29, 1.82) is 0 Å². The second-order valence-electron chi connectivity index (χ2n) is 4.57. The summed E-state index contributed by atoms with van der Waals surface area (Å²) in [5, 5.41) is 0. The Hall–Kier alpha value is -1.51. The summed E-state index contributed by atoms with van der Waals surface area (Å²) < 4.78 is 28.1. The minimum atomic E-state index is -3.48. The summed E-state index contributed by atoms with van der Waals surface area (Å²) in [4.78, 5) is 17.8. The van der Waals surface area contributed by atoms with Crippen molar-refractivity contribution in [2.45, 2.75) is 19.4 Å². The van der Waals surface area contributed by atoms with Crippen LogP contribution in [-0.4, -0.2) is 49.9 Å². The third kappa shape index (κ3) is 3.75. The van der Waals surface area contributed by atoms with Gasteiger partial charge in [-0.2, -0.15) is 13.1 Å². The largest absolute Gasteiger partial charge is 0.336 e. The Labute approximate surface area is 118 Å². The third-order valence-corrected chi connectivity index (χ3v) is 4.33. The Morgan fingerprint density at radius 3 is 2.95 bits per heavy atom. The molecule has 0 unspecified atom stereocenters. The van der Waals surface area contributed by atoms with Crippen molar-refractivity contribution in [2.24, 2.45) is 0 Å². The molecule has 1 fully saturated rings. The van der Waals surface area contributed by atoms with Crippen molar-refractivity contribution in [3.05, 3.63) is 30.1 Å². The lowest BCUT2D eigenvalue weighted by atomic mass is 10.3. The molecule has 110 valence electrons. The van der Waals surface area contributed by atoms with Gasteiger partial charge in [-0.15, -0.1) is 0 Å². The molecule has 0 saturated carbocycles. The molecule has 1 aliphatic heterocycles. The molecule has 0 aliphatic carbocycles. The first-order chi connectivity index (χ1) is 9.52. The number of carbonyl (C=O) groups is 1. The molecule has 2 N–H and O–H groups in total. The third-order valence-electron chi connectivity index (χ3n) is 3.02. The average molecular weight is 298 g/mol. The zero-order chi connectivity index (χ0) is 14.6. The molecule has 1 saturated heterocycles. The number of nitrogens with one attached hydrogen (secondary N) is 2. The van der Waals surface area contributed by atoms with E-state index in [0.717, 1.165) is 0 Å². The van der Waals surface area contributed by atoms with Gasteiger partial charge in [0.25, 0.3) is 16.1 Å². The number of hydrogen-bond donors (Lipinski definition) is 2. The van der Waals surface area contributed by atoms with Crippen LogP contribution in [0.1, 0.15) is 23.8 Å². The molecule has 2 heterocycles. The van der Waals surface area contributed by atoms with Gasteiger partial charge in [0.05, 0.1) is 0 Å². The maximum Gasteiger partial charge on any atom is 0.277 e. The smallest absolute Gasteiger partial charge is 0.277 e. The van der Waals surface area contributed by atoms with Gasteiger partial charge in [0, 0.05) is 31.9 Å². The van der Waals surface area contributed by atoms with Gasteiger partial charge in [0.1, 0.15) is 5.69 Å². The van der Waals surface area contributed by atoms with Crippen LogP contribution in [0.25, 0.3) is 0 Å². The monoisotopic (exact) mass is 298 g/mol. The number of rotatable bonds is 5. The van der Waals surface area contributed by atoms with Gasteiger partial charge in [-0.05, 0) is 18.6 Å². The second kappa shape index (κ2) is 6.29. The predicted octanol–water partition coefficient (Wildman–Crippen LogP) is -0.260. The zero-order valence-corrected chi connectivity index (χ0v) is 12.1. The molecular weight excluding hydrogens is 280 g/mol. The van der Waals surface area contributed by atoms with Crippen LogP contribution in [0.5, 0.6) is 0 Å². The molecule has 1 aromatic rings. The Morgan fingerprint density at radius 1 is 1.50 bits per heavy atom. The predicted molar refractivity (Wildman–Crippen MR) is 74.3 cm³/mol. The molecule has 0 spiro atoms. The molecule has 1 atom stereocenters. The Bertz CT molecular complexity index is 561. The number of carbonyl (C=O) groups excluding carboxylic acids is 1. The fraction of sp³-hybridized carbons (Fsp3) is 0.500. The summed E-state index contributed by atoms with van der Waals surface area (Å²) in [6.45, 7) is 2.93. The molecule has 8 heteroatoms. The first-order valence-electron chi connectivity index (χ1n) is 6.49. The van der Waals surface area contributed by atoms with Crippen LogP contribution in [0.4, 0.5) is 0 Å². The van der Waals surface area contributed by atoms with Gasteiger partial charge >= 0.3 is 0 Å². The highest BCUT2D eigenvalue weighted by atomic mass is 32.2. The molecule has 1 aromatic heterocycles. The quantitative estimate of drug-likeness (QED) is 0.783. The number of likely N-dealkylation sites (tertiary alicyclic amines) is 1. The first kappa shape index (κ1) is 14.9. The second-order valence-corrected chi connectivity index (χ2v) is 6.10. The summed E-state index contributed by atoms with van der Waals surface area (Å²) in [6, 6.07) is 4.89. The minimum absolute atomic E-state index is 0.171. The zero-order valence-electron chi connectivity index (χ0n) is 11.2. The number of aromatic nitrogens is 1. The SMILES string of the molecule is CCNS(=O)(=O)N[C@@H]1CCN(C(=O)c2ccccn2)C1. The van der Waals surface area contributed by atoms with E-state index in [1.807, 2.05) is 0 Å². The van der Waals surface area contributed by atoms with Crippen LogP contribution in [-0.2, 0) is 10.2 Å². The Kier molecular flexibility index (Phi) is 4.69. The van der Waals surface area contributed by atoms with E-state index in [1.54, 1.807) is 36.2 Å². The molecule has 20 heavy (non-hydrogen) atoms. The van der Waals surface area contributed by atoms with Gasteiger partial charge < -0.3 is 4.90 Å². The van der Waals surface area contributed by atoms with Crippen LogP contribution >= 0.6 is 0 Å². The fourth-order valence-electron chi connectivity index (χ4n) is 2.14. The van der Waals surface area contributed by atoms with Crippen LogP contribution in [0.3, 0.4) is 0 Å². The summed E-state index contributed by atoms with van der Waals surface area (Å²) in [5.74, 6) is -0.171. The topological polar surface area (TPSA) is 91.4 Å². The normalized spacial score (nSPS) is 19.2. The highest BCUT2D eigenvalue weighted by Crippen LogP contribution is 2.13. The maximum absolute atomic E-state index is 12.2. The standard InChI is InChI=1S/C12H18N4O3S/c1-2-14-20(18,19)15-10-6-8-16(9-10)12(17)11-5-3-4-7-13-11/h3-5,7,10,14-15H,2,6,8-9H2,1H3/t10-/m1/s1. The van der Waals surface area contributed by atoms with Crippen molar-refractivity contribution < 1.29 is 13.2 Å². The molecule has 0 aromatic carbocycles. The lowest BCUT2D eigenvalue weighted by Gasteiger charge is -2.16. The van der Waals surface area contributed by atoms with E-state index in [9.17, 15) is 13.2 Å². The Morgan fingerprint density at radius 2 is 2.30 bits per heavy atom. The van der Waals surface area contributed by atoms with E-state index in [4.69, 9.17) is 0 Å². The number of nitrogens with zero attached hydrogens (tertiary/aromatic N) is 2. The summed E-state index contributed by atoms with van der Waals surface area (Å²) in [7, 11) is -3.48. The number of amides is 1. The van der Waals surface area contributed by atoms with E-state index in [2.05, 4.69) is 14.4 Å². The van der Waals surface area contributed by atoms with Crippen molar-refractivity contribution in [3.8, 4) is 0 Å². The molecule has 1 aliphatic rings. The number of pyridine rings is 1. The number of hydrogen-bond acceptors (Lipinski definition) is 4. The van der Waals surface area contributed by atoms with Crippen molar-refractivity contribution in [1.82, 2.24) is 19.3 Å². The molecular formula is C12H18N4O3S. The van der Waals surface area contributed by atoms with Crippen LogP contribution in [0, 0.1) is 0 Å².